The highest BCUT2D eigenvalue weighted by Crippen LogP contribution is 2.47. The molecule has 35 heavy (non-hydrogen) atoms. The van der Waals surface area contributed by atoms with Crippen molar-refractivity contribution in [3.63, 3.8) is 0 Å². The molecular formula is C31H28N4. The topological polar surface area (TPSA) is 95.2 Å². The second kappa shape index (κ2) is 9.47. The minimum absolute atomic E-state index is 0.0685. The van der Waals surface area contributed by atoms with E-state index in [9.17, 15) is 21.0 Å². The maximum Gasteiger partial charge on any atom is 0.137 e. The number of hydrogen-bond donors (Lipinski definition) is 0. The summed E-state index contributed by atoms with van der Waals surface area (Å²) in [6.45, 7) is 12.8. The molecule has 0 fully saturated rings. The lowest BCUT2D eigenvalue weighted by atomic mass is 9.82. The van der Waals surface area contributed by atoms with Crippen molar-refractivity contribution in [3.05, 3.63) is 88.0 Å². The van der Waals surface area contributed by atoms with Crippen LogP contribution in [0, 0.1) is 51.2 Å². The molecule has 0 aliphatic heterocycles. The van der Waals surface area contributed by atoms with Gasteiger partial charge in [0, 0.05) is 17.1 Å². The number of nitrogens with zero attached hydrogens (tertiary/aromatic N) is 4. The van der Waals surface area contributed by atoms with Gasteiger partial charge in [-0.3, -0.25) is 0 Å². The zero-order valence-corrected chi connectivity index (χ0v) is 21.1. The molecule has 172 valence electrons. The lowest BCUT2D eigenvalue weighted by molar-refractivity contribution is 0.590. The number of fused-ring (bicyclic) bond motifs is 1. The monoisotopic (exact) mass is 456 g/mol. The highest BCUT2D eigenvalue weighted by molar-refractivity contribution is 5.97. The van der Waals surface area contributed by atoms with E-state index in [-0.39, 0.29) is 27.9 Å². The van der Waals surface area contributed by atoms with Crippen LogP contribution >= 0.6 is 0 Å². The molecule has 0 bridgehead atoms. The number of allylic oxidation sites excluding steroid dienone is 8. The van der Waals surface area contributed by atoms with Crippen LogP contribution in [0.15, 0.2) is 71.4 Å². The van der Waals surface area contributed by atoms with Gasteiger partial charge in [0.15, 0.2) is 0 Å². The molecule has 0 aromatic carbocycles. The number of rotatable bonds is 3. The van der Waals surface area contributed by atoms with Gasteiger partial charge in [-0.2, -0.15) is 21.0 Å². The molecule has 0 radical (unpaired) electrons. The first kappa shape index (κ1) is 25.2. The molecule has 0 saturated heterocycles. The van der Waals surface area contributed by atoms with Crippen LogP contribution in [0.1, 0.15) is 58.2 Å². The third-order valence-corrected chi connectivity index (χ3v) is 6.28. The molecule has 3 rings (SSSR count). The summed E-state index contributed by atoms with van der Waals surface area (Å²) in [7, 11) is 0. The SMILES string of the molecule is CC(C)(C)c1ccc2c(C(=C(C#N)C#N)C(=C(C#N)C#N)C3C=CC=C3)cc(C(C)(C)C)c-2cc1. The molecule has 0 unspecified atom stereocenters. The Kier molecular flexibility index (Phi) is 6.83. The minimum Gasteiger partial charge on any atom is -0.192 e. The van der Waals surface area contributed by atoms with Gasteiger partial charge < -0.3 is 0 Å². The lowest BCUT2D eigenvalue weighted by Gasteiger charge is -2.19. The first-order chi connectivity index (χ1) is 16.5. The van der Waals surface area contributed by atoms with Gasteiger partial charge in [0.25, 0.3) is 0 Å². The summed E-state index contributed by atoms with van der Waals surface area (Å²) < 4.78 is 0. The van der Waals surface area contributed by atoms with Gasteiger partial charge in [-0.05, 0) is 44.7 Å². The van der Waals surface area contributed by atoms with E-state index in [2.05, 4.69) is 59.7 Å². The fourth-order valence-corrected chi connectivity index (χ4v) is 4.46. The van der Waals surface area contributed by atoms with E-state index in [0.717, 1.165) is 22.3 Å². The van der Waals surface area contributed by atoms with Crippen molar-refractivity contribution in [1.82, 2.24) is 0 Å². The van der Waals surface area contributed by atoms with Crippen molar-refractivity contribution < 1.29 is 0 Å². The molecule has 3 aliphatic rings. The van der Waals surface area contributed by atoms with Crippen LogP contribution in [0.5, 0.6) is 0 Å². The van der Waals surface area contributed by atoms with Crippen LogP contribution in [-0.2, 0) is 10.8 Å². The Bertz CT molecular complexity index is 1390. The van der Waals surface area contributed by atoms with Crippen LogP contribution in [0.25, 0.3) is 16.7 Å². The summed E-state index contributed by atoms with van der Waals surface area (Å²) in [5.41, 5.74) is 5.01. The van der Waals surface area contributed by atoms with E-state index in [4.69, 9.17) is 0 Å². The average Bonchev–Trinajstić information content (AvgIpc) is 3.38. The summed E-state index contributed by atoms with van der Waals surface area (Å²) >= 11 is 0. The van der Waals surface area contributed by atoms with Crippen molar-refractivity contribution in [3.8, 4) is 35.4 Å². The fourth-order valence-electron chi connectivity index (χ4n) is 4.46. The van der Waals surface area contributed by atoms with Gasteiger partial charge in [0.2, 0.25) is 0 Å². The maximum atomic E-state index is 9.96. The molecule has 0 spiro atoms. The van der Waals surface area contributed by atoms with Crippen LogP contribution in [0.4, 0.5) is 0 Å². The number of nitriles is 4. The molecule has 0 saturated carbocycles. The van der Waals surface area contributed by atoms with Gasteiger partial charge in [-0.1, -0.05) is 90.1 Å². The van der Waals surface area contributed by atoms with E-state index in [1.54, 1.807) is 0 Å². The molecule has 3 aliphatic carbocycles. The van der Waals surface area contributed by atoms with Gasteiger partial charge in [0.1, 0.15) is 35.4 Å². The average molecular weight is 457 g/mol. The van der Waals surface area contributed by atoms with Crippen molar-refractivity contribution in [1.29, 1.82) is 21.0 Å². The maximum absolute atomic E-state index is 9.96. The van der Waals surface area contributed by atoms with E-state index >= 15 is 0 Å². The van der Waals surface area contributed by atoms with Crippen LogP contribution in [0.3, 0.4) is 0 Å². The molecule has 4 nitrogen and oxygen atoms in total. The Labute approximate surface area is 208 Å². The second-order valence-corrected chi connectivity index (χ2v) is 10.7. The predicted molar refractivity (Wildman–Crippen MR) is 139 cm³/mol. The largest absolute Gasteiger partial charge is 0.192 e. The van der Waals surface area contributed by atoms with Gasteiger partial charge in [0.05, 0.1) is 0 Å². The summed E-state index contributed by atoms with van der Waals surface area (Å²) in [6.07, 6.45) is 7.41. The van der Waals surface area contributed by atoms with E-state index in [0.29, 0.717) is 16.7 Å². The number of hydrogen-bond acceptors (Lipinski definition) is 4. The van der Waals surface area contributed by atoms with E-state index < -0.39 is 0 Å². The predicted octanol–water partition coefficient (Wildman–Crippen LogP) is 7.27. The Morgan fingerprint density at radius 3 is 1.66 bits per heavy atom. The smallest absolute Gasteiger partial charge is 0.137 e. The third kappa shape index (κ3) is 4.80. The second-order valence-electron chi connectivity index (χ2n) is 10.7. The molecule has 0 N–H and O–H groups in total. The summed E-state index contributed by atoms with van der Waals surface area (Å²) in [4.78, 5) is 0. The van der Waals surface area contributed by atoms with Gasteiger partial charge >= 0.3 is 0 Å². The highest BCUT2D eigenvalue weighted by atomic mass is 14.4. The molecule has 0 aromatic heterocycles. The van der Waals surface area contributed by atoms with E-state index in [1.165, 1.54) is 0 Å². The first-order valence-corrected chi connectivity index (χ1v) is 11.5. The Morgan fingerprint density at radius 2 is 1.20 bits per heavy atom. The molecule has 0 aromatic rings. The molecule has 0 atom stereocenters. The highest BCUT2D eigenvalue weighted by Gasteiger charge is 2.31. The van der Waals surface area contributed by atoms with Gasteiger partial charge in [-0.25, -0.2) is 0 Å². The van der Waals surface area contributed by atoms with Crippen molar-refractivity contribution in [2.24, 2.45) is 5.92 Å². The summed E-state index contributed by atoms with van der Waals surface area (Å²) in [5, 5.41) is 39.6. The Morgan fingerprint density at radius 1 is 0.686 bits per heavy atom. The van der Waals surface area contributed by atoms with Gasteiger partial charge in [-0.15, -0.1) is 0 Å². The first-order valence-electron chi connectivity index (χ1n) is 11.5. The zero-order chi connectivity index (χ0) is 26.0. The quantitative estimate of drug-likeness (QED) is 0.358. The fraction of sp³-hybridized carbons (Fsp3) is 0.290. The summed E-state index contributed by atoms with van der Waals surface area (Å²) in [5.74, 6) is -0.387. The summed E-state index contributed by atoms with van der Waals surface area (Å²) in [6, 6.07) is 18.4. The molecule has 0 heterocycles. The van der Waals surface area contributed by atoms with Crippen molar-refractivity contribution in [2.75, 3.05) is 0 Å². The third-order valence-electron chi connectivity index (χ3n) is 6.28. The Balaban J connectivity index is 2.54. The van der Waals surface area contributed by atoms with Crippen LogP contribution in [0.2, 0.25) is 0 Å². The van der Waals surface area contributed by atoms with Crippen LogP contribution < -0.4 is 0 Å². The molecule has 4 heteroatoms. The van der Waals surface area contributed by atoms with E-state index in [1.807, 2.05) is 60.7 Å². The normalized spacial score (nSPS) is 13.0. The standard InChI is InChI=1S/C31H28N4/c1-30(2,3)23-11-13-24-25(14-12-23)27(31(4,5)6)15-26(24)29(22(18-34)19-35)28(21(16-32)17-33)20-9-7-8-10-20/h7-15,20H,1-6H3. The lowest BCUT2D eigenvalue weighted by Crippen LogP contribution is -2.10. The molecular weight excluding hydrogens is 428 g/mol. The zero-order valence-electron chi connectivity index (χ0n) is 21.1. The van der Waals surface area contributed by atoms with Crippen LogP contribution in [-0.4, -0.2) is 0 Å². The Hall–Kier alpha value is -4.38. The molecule has 0 amide bonds. The van der Waals surface area contributed by atoms with Crippen molar-refractivity contribution >= 4 is 5.57 Å². The minimum atomic E-state index is -0.387. The van der Waals surface area contributed by atoms with Crippen molar-refractivity contribution in [2.45, 2.75) is 52.4 Å².